The van der Waals surface area contributed by atoms with E-state index >= 15 is 0 Å². The van der Waals surface area contributed by atoms with Gasteiger partial charge in [0, 0.05) is 22.4 Å². The topological polar surface area (TPSA) is 52.1 Å². The van der Waals surface area contributed by atoms with Crippen LogP contribution in [0.5, 0.6) is 5.88 Å². The predicted molar refractivity (Wildman–Crippen MR) is 71.2 cm³/mol. The fraction of sp³-hybridized carbons (Fsp3) is 0.0833. The van der Waals surface area contributed by atoms with Gasteiger partial charge < -0.3 is 4.74 Å². The van der Waals surface area contributed by atoms with E-state index in [0.717, 1.165) is 0 Å². The number of ketones is 1. The second-order valence-electron chi connectivity index (χ2n) is 3.34. The molecule has 0 N–H and O–H groups in total. The number of ether oxygens (including phenoxy) is 1. The molecule has 0 aliphatic heterocycles. The van der Waals surface area contributed by atoms with Gasteiger partial charge in [-0.15, -0.1) is 0 Å². The Morgan fingerprint density at radius 2 is 2.06 bits per heavy atom. The van der Waals surface area contributed by atoms with Gasteiger partial charge in [0.2, 0.25) is 11.7 Å². The van der Waals surface area contributed by atoms with E-state index in [4.69, 9.17) is 16.3 Å². The highest BCUT2D eigenvalue weighted by Gasteiger charge is 2.20. The van der Waals surface area contributed by atoms with E-state index in [0.29, 0.717) is 15.1 Å². The van der Waals surface area contributed by atoms with Crippen LogP contribution >= 0.6 is 27.5 Å². The van der Waals surface area contributed by atoms with Crippen LogP contribution in [0.4, 0.5) is 0 Å². The molecule has 1 heterocycles. The van der Waals surface area contributed by atoms with Gasteiger partial charge in [-0.2, -0.15) is 0 Å². The standard InChI is InChI=1S/C12H8BrClN2O2/c1-18-12-10(15-5-6-16-12)11(17)7-3-2-4-8(13)9(7)14/h2-6H,1H3. The lowest BCUT2D eigenvalue weighted by atomic mass is 10.1. The summed E-state index contributed by atoms with van der Waals surface area (Å²) >= 11 is 9.35. The molecule has 0 saturated heterocycles. The van der Waals surface area contributed by atoms with Crippen molar-refractivity contribution in [2.24, 2.45) is 0 Å². The van der Waals surface area contributed by atoms with Crippen molar-refractivity contribution in [1.82, 2.24) is 9.97 Å². The molecular formula is C12H8BrClN2O2. The van der Waals surface area contributed by atoms with Crippen LogP contribution in [0.25, 0.3) is 0 Å². The number of carbonyl (C=O) groups excluding carboxylic acids is 1. The van der Waals surface area contributed by atoms with E-state index in [2.05, 4.69) is 25.9 Å². The van der Waals surface area contributed by atoms with Crippen molar-refractivity contribution in [3.63, 3.8) is 0 Å². The first kappa shape index (κ1) is 13.0. The molecule has 6 heteroatoms. The maximum absolute atomic E-state index is 12.3. The van der Waals surface area contributed by atoms with Crippen LogP contribution in [0.3, 0.4) is 0 Å². The van der Waals surface area contributed by atoms with Crippen LogP contribution in [0, 0.1) is 0 Å². The summed E-state index contributed by atoms with van der Waals surface area (Å²) in [5.41, 5.74) is 0.491. The van der Waals surface area contributed by atoms with E-state index in [-0.39, 0.29) is 17.4 Å². The lowest BCUT2D eigenvalue weighted by Crippen LogP contribution is -2.08. The molecule has 0 aliphatic carbocycles. The van der Waals surface area contributed by atoms with Crippen LogP contribution in [0.15, 0.2) is 35.1 Å². The van der Waals surface area contributed by atoms with Gasteiger partial charge in [-0.1, -0.05) is 17.7 Å². The lowest BCUT2D eigenvalue weighted by Gasteiger charge is -2.07. The van der Waals surface area contributed by atoms with Gasteiger partial charge >= 0.3 is 0 Å². The van der Waals surface area contributed by atoms with Crippen molar-refractivity contribution in [3.05, 3.63) is 51.3 Å². The molecule has 0 unspecified atom stereocenters. The largest absolute Gasteiger partial charge is 0.479 e. The summed E-state index contributed by atoms with van der Waals surface area (Å²) in [5, 5.41) is 0.343. The Hall–Kier alpha value is -1.46. The van der Waals surface area contributed by atoms with Gasteiger partial charge in [0.1, 0.15) is 0 Å². The monoisotopic (exact) mass is 326 g/mol. The molecule has 92 valence electrons. The Morgan fingerprint density at radius 1 is 1.33 bits per heavy atom. The molecule has 4 nitrogen and oxygen atoms in total. The highest BCUT2D eigenvalue weighted by molar-refractivity contribution is 9.10. The summed E-state index contributed by atoms with van der Waals surface area (Å²) < 4.78 is 5.66. The Kier molecular flexibility index (Phi) is 3.93. The summed E-state index contributed by atoms with van der Waals surface area (Å²) in [7, 11) is 1.43. The molecule has 0 amide bonds. The molecule has 18 heavy (non-hydrogen) atoms. The van der Waals surface area contributed by atoms with Gasteiger partial charge in [0.05, 0.1) is 12.1 Å². The zero-order valence-corrected chi connectivity index (χ0v) is 11.7. The fourth-order valence-corrected chi connectivity index (χ4v) is 2.02. The predicted octanol–water partition coefficient (Wildman–Crippen LogP) is 3.13. The van der Waals surface area contributed by atoms with E-state index in [1.54, 1.807) is 18.2 Å². The minimum Gasteiger partial charge on any atom is -0.479 e. The van der Waals surface area contributed by atoms with Gasteiger partial charge in [0.15, 0.2) is 5.69 Å². The molecule has 2 aromatic rings. The van der Waals surface area contributed by atoms with Crippen molar-refractivity contribution in [3.8, 4) is 5.88 Å². The number of halogens is 2. The molecule has 0 aliphatic rings. The Morgan fingerprint density at radius 3 is 2.78 bits per heavy atom. The Balaban J connectivity index is 2.52. The summed E-state index contributed by atoms with van der Waals surface area (Å²) in [6.45, 7) is 0. The van der Waals surface area contributed by atoms with Crippen molar-refractivity contribution in [1.29, 1.82) is 0 Å². The third kappa shape index (κ3) is 2.37. The maximum atomic E-state index is 12.3. The average Bonchev–Trinajstić information content (AvgIpc) is 2.41. The van der Waals surface area contributed by atoms with Crippen molar-refractivity contribution in [2.75, 3.05) is 7.11 Å². The highest BCUT2D eigenvalue weighted by atomic mass is 79.9. The first-order valence-corrected chi connectivity index (χ1v) is 6.16. The highest BCUT2D eigenvalue weighted by Crippen LogP contribution is 2.28. The molecule has 0 spiro atoms. The van der Waals surface area contributed by atoms with Crippen molar-refractivity contribution < 1.29 is 9.53 Å². The maximum Gasteiger partial charge on any atom is 0.243 e. The smallest absolute Gasteiger partial charge is 0.243 e. The molecule has 0 saturated carbocycles. The SMILES string of the molecule is COc1nccnc1C(=O)c1cccc(Br)c1Cl. The van der Waals surface area contributed by atoms with Crippen LogP contribution in [-0.4, -0.2) is 22.9 Å². The number of aromatic nitrogens is 2. The number of hydrogen-bond acceptors (Lipinski definition) is 4. The molecule has 1 aromatic heterocycles. The number of methoxy groups -OCH3 is 1. The van der Waals surface area contributed by atoms with Crippen LogP contribution in [0.1, 0.15) is 16.1 Å². The van der Waals surface area contributed by atoms with Gasteiger partial charge in [-0.25, -0.2) is 9.97 Å². The molecule has 0 fully saturated rings. The molecule has 0 atom stereocenters. The lowest BCUT2D eigenvalue weighted by molar-refractivity contribution is 0.103. The zero-order chi connectivity index (χ0) is 13.1. The second kappa shape index (κ2) is 5.46. The minimum absolute atomic E-state index is 0.139. The number of nitrogens with zero attached hydrogens (tertiary/aromatic N) is 2. The molecule has 2 rings (SSSR count). The van der Waals surface area contributed by atoms with Crippen LogP contribution in [-0.2, 0) is 0 Å². The summed E-state index contributed by atoms with van der Waals surface area (Å²) in [5.74, 6) is -0.148. The molecule has 0 radical (unpaired) electrons. The molecular weight excluding hydrogens is 320 g/mol. The summed E-state index contributed by atoms with van der Waals surface area (Å²) in [6, 6.07) is 5.11. The van der Waals surface area contributed by atoms with Crippen molar-refractivity contribution in [2.45, 2.75) is 0 Å². The number of benzene rings is 1. The van der Waals surface area contributed by atoms with Gasteiger partial charge in [-0.3, -0.25) is 4.79 Å². The van der Waals surface area contributed by atoms with Crippen LogP contribution < -0.4 is 4.74 Å². The first-order chi connectivity index (χ1) is 8.65. The summed E-state index contributed by atoms with van der Waals surface area (Å²) in [4.78, 5) is 20.2. The number of hydrogen-bond donors (Lipinski definition) is 0. The van der Waals surface area contributed by atoms with E-state index < -0.39 is 0 Å². The zero-order valence-electron chi connectivity index (χ0n) is 9.35. The van der Waals surface area contributed by atoms with E-state index in [9.17, 15) is 4.79 Å². The van der Waals surface area contributed by atoms with Crippen LogP contribution in [0.2, 0.25) is 5.02 Å². The molecule has 1 aromatic carbocycles. The van der Waals surface area contributed by atoms with Crippen molar-refractivity contribution >= 4 is 33.3 Å². The number of rotatable bonds is 3. The van der Waals surface area contributed by atoms with E-state index in [1.165, 1.54) is 19.5 Å². The summed E-state index contributed by atoms with van der Waals surface area (Å²) in [6.07, 6.45) is 2.89. The van der Waals surface area contributed by atoms with Gasteiger partial charge in [-0.05, 0) is 28.1 Å². The third-order valence-corrected chi connectivity index (χ3v) is 3.57. The first-order valence-electron chi connectivity index (χ1n) is 4.99. The number of carbonyl (C=O) groups is 1. The van der Waals surface area contributed by atoms with E-state index in [1.807, 2.05) is 0 Å². The Bertz CT molecular complexity index is 604. The normalized spacial score (nSPS) is 10.2. The fourth-order valence-electron chi connectivity index (χ4n) is 1.44. The second-order valence-corrected chi connectivity index (χ2v) is 4.58. The third-order valence-electron chi connectivity index (χ3n) is 2.27. The molecule has 0 bridgehead atoms. The minimum atomic E-state index is -0.328. The Labute approximate surface area is 117 Å². The average molecular weight is 328 g/mol. The quantitative estimate of drug-likeness (QED) is 0.813. The van der Waals surface area contributed by atoms with Gasteiger partial charge in [0.25, 0.3) is 0 Å².